The molecule has 1 amide bonds. The molecule has 0 aliphatic rings. The Morgan fingerprint density at radius 3 is 2.50 bits per heavy atom. The highest BCUT2D eigenvalue weighted by atomic mass is 32.1. The van der Waals surface area contributed by atoms with E-state index in [-0.39, 0.29) is 18.5 Å². The van der Waals surface area contributed by atoms with Crippen molar-refractivity contribution in [2.24, 2.45) is 0 Å². The zero-order chi connectivity index (χ0) is 20.9. The maximum absolute atomic E-state index is 12.8. The molecule has 4 aromatic rings. The van der Waals surface area contributed by atoms with Crippen LogP contribution in [-0.4, -0.2) is 22.2 Å². The summed E-state index contributed by atoms with van der Waals surface area (Å²) in [6, 6.07) is 24.2. The molecule has 2 heterocycles. The summed E-state index contributed by atoms with van der Waals surface area (Å²) in [5.74, 6) is 0.550. The highest BCUT2D eigenvalue weighted by Crippen LogP contribution is 2.26. The van der Waals surface area contributed by atoms with Gasteiger partial charge in [-0.3, -0.25) is 10.1 Å². The topological polar surface area (TPSA) is 59.0 Å². The quantitative estimate of drug-likeness (QED) is 0.452. The van der Waals surface area contributed by atoms with E-state index in [1.165, 1.54) is 10.4 Å². The third kappa shape index (κ3) is 4.67. The van der Waals surface area contributed by atoms with Gasteiger partial charge in [0, 0.05) is 10.9 Å². The minimum atomic E-state index is -0.110. The molecule has 0 unspecified atom stereocenters. The molecule has 0 saturated heterocycles. The average Bonchev–Trinajstić information content (AvgIpc) is 3.40. The first kappa shape index (κ1) is 20.1. The summed E-state index contributed by atoms with van der Waals surface area (Å²) in [4.78, 5) is 13.9. The van der Waals surface area contributed by atoms with Gasteiger partial charge in [0.05, 0.1) is 24.0 Å². The molecule has 2 aromatic carbocycles. The van der Waals surface area contributed by atoms with Crippen LogP contribution in [0.3, 0.4) is 0 Å². The number of hydrogen-bond donors (Lipinski definition) is 2. The Morgan fingerprint density at radius 1 is 1.03 bits per heavy atom. The van der Waals surface area contributed by atoms with Gasteiger partial charge in [-0.05, 0) is 43.0 Å². The Bertz CT molecular complexity index is 1100. The molecular formula is C24H24N4OS. The van der Waals surface area contributed by atoms with Gasteiger partial charge in [-0.15, -0.1) is 11.3 Å². The van der Waals surface area contributed by atoms with Gasteiger partial charge >= 0.3 is 0 Å². The van der Waals surface area contributed by atoms with E-state index in [9.17, 15) is 4.79 Å². The van der Waals surface area contributed by atoms with Crippen molar-refractivity contribution in [3.05, 3.63) is 99.9 Å². The number of amides is 1. The fourth-order valence-electron chi connectivity index (χ4n) is 3.33. The number of aromatic nitrogens is 2. The lowest BCUT2D eigenvalue weighted by Crippen LogP contribution is -2.32. The molecule has 0 saturated carbocycles. The van der Waals surface area contributed by atoms with Crippen LogP contribution in [0.5, 0.6) is 0 Å². The van der Waals surface area contributed by atoms with Crippen LogP contribution in [0.2, 0.25) is 0 Å². The number of thiophene rings is 1. The maximum atomic E-state index is 12.8. The monoisotopic (exact) mass is 416 g/mol. The number of carbonyl (C=O) groups is 1. The van der Waals surface area contributed by atoms with Crippen LogP contribution in [0.1, 0.15) is 27.7 Å². The molecule has 0 radical (unpaired) electrons. The van der Waals surface area contributed by atoms with Gasteiger partial charge in [0.25, 0.3) is 0 Å². The van der Waals surface area contributed by atoms with Crippen LogP contribution < -0.4 is 10.6 Å². The molecule has 0 bridgehead atoms. The highest BCUT2D eigenvalue weighted by molar-refractivity contribution is 7.10. The number of nitrogens with one attached hydrogen (secondary N) is 2. The van der Waals surface area contributed by atoms with Gasteiger partial charge < -0.3 is 5.32 Å². The Labute approximate surface area is 180 Å². The van der Waals surface area contributed by atoms with Crippen LogP contribution in [0.15, 0.2) is 78.2 Å². The Morgan fingerprint density at radius 2 is 1.80 bits per heavy atom. The predicted octanol–water partition coefficient (Wildman–Crippen LogP) is 4.87. The number of nitrogens with zero attached hydrogens (tertiary/aromatic N) is 2. The van der Waals surface area contributed by atoms with Gasteiger partial charge in [-0.1, -0.05) is 54.1 Å². The third-order valence-corrected chi connectivity index (χ3v) is 5.74. The highest BCUT2D eigenvalue weighted by Gasteiger charge is 2.17. The molecular weight excluding hydrogens is 392 g/mol. The Balaban J connectivity index is 1.48. The van der Waals surface area contributed by atoms with Crippen molar-refractivity contribution in [3.8, 4) is 5.69 Å². The van der Waals surface area contributed by atoms with E-state index in [0.717, 1.165) is 16.9 Å². The molecule has 152 valence electrons. The Kier molecular flexibility index (Phi) is 6.07. The number of carbonyl (C=O) groups excluding carboxylic acids is 1. The zero-order valence-electron chi connectivity index (χ0n) is 17.0. The molecule has 30 heavy (non-hydrogen) atoms. The first-order chi connectivity index (χ1) is 14.6. The summed E-state index contributed by atoms with van der Waals surface area (Å²) in [6.07, 6.45) is 0. The van der Waals surface area contributed by atoms with Crippen LogP contribution in [0, 0.1) is 13.8 Å². The number of hydrogen-bond acceptors (Lipinski definition) is 4. The predicted molar refractivity (Wildman–Crippen MR) is 122 cm³/mol. The molecule has 4 rings (SSSR count). The first-order valence-electron chi connectivity index (χ1n) is 9.85. The van der Waals surface area contributed by atoms with Crippen LogP contribution in [0.25, 0.3) is 5.69 Å². The van der Waals surface area contributed by atoms with Crippen molar-refractivity contribution in [3.63, 3.8) is 0 Å². The number of rotatable bonds is 7. The fraction of sp³-hybridized carbons (Fsp3) is 0.167. The summed E-state index contributed by atoms with van der Waals surface area (Å²) in [6.45, 7) is 4.18. The molecule has 0 aliphatic carbocycles. The zero-order valence-corrected chi connectivity index (χ0v) is 17.8. The molecule has 6 heteroatoms. The second-order valence-corrected chi connectivity index (χ2v) is 8.19. The van der Waals surface area contributed by atoms with Gasteiger partial charge in [0.2, 0.25) is 5.91 Å². The normalized spacial score (nSPS) is 11.9. The lowest BCUT2D eigenvalue weighted by atomic mass is 10.0. The summed E-state index contributed by atoms with van der Waals surface area (Å²) >= 11 is 1.68. The standard InChI is InChI=1S/C24H24N4OS/c1-17-10-12-19(13-11-17)24(21-9-6-14-30-21)25-16-23(29)26-22-15-18(2)27-28(22)20-7-4-3-5-8-20/h3-15,24-25H,16H2,1-2H3,(H,26,29)/t24-/m1/s1. The van der Waals surface area contributed by atoms with E-state index < -0.39 is 0 Å². The minimum absolute atomic E-state index is 0.0304. The number of aryl methyl sites for hydroxylation is 2. The van der Waals surface area contributed by atoms with E-state index >= 15 is 0 Å². The first-order valence-corrected chi connectivity index (χ1v) is 10.7. The second kappa shape index (κ2) is 9.07. The summed E-state index contributed by atoms with van der Waals surface area (Å²) < 4.78 is 1.75. The van der Waals surface area contributed by atoms with Crippen molar-refractivity contribution in [2.45, 2.75) is 19.9 Å². The van der Waals surface area contributed by atoms with Crippen molar-refractivity contribution in [1.82, 2.24) is 15.1 Å². The molecule has 0 spiro atoms. The second-order valence-electron chi connectivity index (χ2n) is 7.21. The molecule has 0 fully saturated rings. The third-order valence-electron chi connectivity index (χ3n) is 4.80. The van der Waals surface area contributed by atoms with E-state index in [1.807, 2.05) is 49.4 Å². The lowest BCUT2D eigenvalue weighted by Gasteiger charge is -2.18. The summed E-state index contributed by atoms with van der Waals surface area (Å²) in [5, 5.41) is 13.0. The van der Waals surface area contributed by atoms with Gasteiger partial charge in [-0.2, -0.15) is 5.10 Å². The van der Waals surface area contributed by atoms with Gasteiger partial charge in [-0.25, -0.2) is 4.68 Å². The van der Waals surface area contributed by atoms with E-state index in [1.54, 1.807) is 16.0 Å². The number of benzene rings is 2. The molecule has 1 atom stereocenters. The molecule has 5 nitrogen and oxygen atoms in total. The fourth-order valence-corrected chi connectivity index (χ4v) is 4.16. The van der Waals surface area contributed by atoms with Crippen LogP contribution in [0.4, 0.5) is 5.82 Å². The SMILES string of the molecule is Cc1ccc([C@@H](NCC(=O)Nc2cc(C)nn2-c2ccccc2)c2cccs2)cc1. The van der Waals surface area contributed by atoms with Gasteiger partial charge in [0.1, 0.15) is 5.82 Å². The summed E-state index contributed by atoms with van der Waals surface area (Å²) in [5.41, 5.74) is 4.11. The minimum Gasteiger partial charge on any atom is -0.309 e. The van der Waals surface area contributed by atoms with Crippen molar-refractivity contribution >= 4 is 23.1 Å². The maximum Gasteiger partial charge on any atom is 0.239 e. The average molecular weight is 417 g/mol. The molecule has 2 aromatic heterocycles. The van der Waals surface area contributed by atoms with E-state index in [0.29, 0.717) is 5.82 Å². The largest absolute Gasteiger partial charge is 0.309 e. The number of para-hydroxylation sites is 1. The van der Waals surface area contributed by atoms with Crippen molar-refractivity contribution < 1.29 is 4.79 Å². The number of anilines is 1. The van der Waals surface area contributed by atoms with E-state index in [2.05, 4.69) is 58.4 Å². The van der Waals surface area contributed by atoms with E-state index in [4.69, 9.17) is 0 Å². The summed E-state index contributed by atoms with van der Waals surface area (Å²) in [7, 11) is 0. The van der Waals surface area contributed by atoms with Crippen molar-refractivity contribution in [1.29, 1.82) is 0 Å². The lowest BCUT2D eigenvalue weighted by molar-refractivity contribution is -0.115. The van der Waals surface area contributed by atoms with Crippen molar-refractivity contribution in [2.75, 3.05) is 11.9 Å². The molecule has 2 N–H and O–H groups in total. The molecule has 0 aliphatic heterocycles. The smallest absolute Gasteiger partial charge is 0.239 e. The Hall–Kier alpha value is -3.22. The van der Waals surface area contributed by atoms with Gasteiger partial charge in [0.15, 0.2) is 0 Å². The van der Waals surface area contributed by atoms with Crippen LogP contribution >= 0.6 is 11.3 Å². The van der Waals surface area contributed by atoms with Crippen LogP contribution in [-0.2, 0) is 4.79 Å².